The molecule has 0 radical (unpaired) electrons. The van der Waals surface area contributed by atoms with E-state index in [1.807, 2.05) is 30.3 Å². The van der Waals surface area contributed by atoms with E-state index in [4.69, 9.17) is 4.42 Å². The summed E-state index contributed by atoms with van der Waals surface area (Å²) in [6.45, 7) is 1.72. The number of carbonyl (C=O) groups is 2. The normalized spacial score (nSPS) is 17.1. The number of aromatic nitrogens is 1. The van der Waals surface area contributed by atoms with Gasteiger partial charge in [-0.15, -0.1) is 0 Å². The highest BCUT2D eigenvalue weighted by atomic mass is 32.2. The van der Waals surface area contributed by atoms with E-state index >= 15 is 0 Å². The number of hydrogen-bond acceptors (Lipinski definition) is 8. The lowest BCUT2D eigenvalue weighted by Gasteiger charge is -2.18. The maximum Gasteiger partial charge on any atom is 0.266 e. The molecule has 0 saturated carbocycles. The van der Waals surface area contributed by atoms with Gasteiger partial charge in [-0.1, -0.05) is 61.5 Å². The van der Waals surface area contributed by atoms with Crippen molar-refractivity contribution in [1.29, 1.82) is 0 Å². The number of nitrogens with one attached hydrogen (secondary N) is 2. The fourth-order valence-corrected chi connectivity index (χ4v) is 6.80. The highest BCUT2D eigenvalue weighted by molar-refractivity contribution is 7.90. The molecule has 4 aromatic rings. The van der Waals surface area contributed by atoms with Crippen LogP contribution in [0.2, 0.25) is 0 Å². The van der Waals surface area contributed by atoms with Crippen LogP contribution in [0.25, 0.3) is 11.1 Å². The van der Waals surface area contributed by atoms with Gasteiger partial charge in [-0.3, -0.25) is 23.5 Å². The zero-order chi connectivity index (χ0) is 28.3. The van der Waals surface area contributed by atoms with Gasteiger partial charge in [-0.25, -0.2) is 13.4 Å². The van der Waals surface area contributed by atoms with Crippen LogP contribution in [0.4, 0.5) is 0 Å². The largest absolute Gasteiger partial charge is 0.434 e. The van der Waals surface area contributed by atoms with Crippen molar-refractivity contribution in [2.75, 3.05) is 5.75 Å². The number of rotatable bonds is 10. The lowest BCUT2D eigenvalue weighted by atomic mass is 10.1. The molecule has 40 heavy (non-hydrogen) atoms. The zero-order valence-corrected chi connectivity index (χ0v) is 23.1. The van der Waals surface area contributed by atoms with Crippen LogP contribution in [-0.2, 0) is 31.4 Å². The van der Waals surface area contributed by atoms with E-state index in [1.165, 1.54) is 6.07 Å². The van der Waals surface area contributed by atoms with Gasteiger partial charge in [0.15, 0.2) is 5.58 Å². The van der Waals surface area contributed by atoms with Crippen LogP contribution in [0, 0.1) is 0 Å². The number of aliphatic imine (C=N–C) groups is 1. The molecule has 1 amide bonds. The third-order valence-corrected chi connectivity index (χ3v) is 9.05. The van der Waals surface area contributed by atoms with Crippen LogP contribution in [0.1, 0.15) is 35.2 Å². The van der Waals surface area contributed by atoms with E-state index < -0.39 is 44.6 Å². The molecule has 3 atom stereocenters. The number of ketones is 1. The topological polar surface area (TPSA) is 148 Å². The molecule has 0 bridgehead atoms. The number of fused-ring (bicyclic) bond motifs is 2. The first kappa shape index (κ1) is 27.4. The Bertz CT molecular complexity index is 1700. The minimum atomic E-state index is -3.86. The summed E-state index contributed by atoms with van der Waals surface area (Å²) in [6, 6.07) is 20.1. The van der Waals surface area contributed by atoms with Gasteiger partial charge in [0.25, 0.3) is 15.9 Å². The fourth-order valence-electron chi connectivity index (χ4n) is 4.30. The first-order valence-corrected chi connectivity index (χ1v) is 15.5. The van der Waals surface area contributed by atoms with Gasteiger partial charge in [0, 0.05) is 22.1 Å². The Hall–Kier alpha value is -4.16. The third kappa shape index (κ3) is 5.87. The Morgan fingerprint density at radius 1 is 1.02 bits per heavy atom. The molecule has 1 aliphatic rings. The first-order valence-electron chi connectivity index (χ1n) is 12.5. The van der Waals surface area contributed by atoms with Gasteiger partial charge >= 0.3 is 0 Å². The van der Waals surface area contributed by atoms with Crippen LogP contribution < -0.4 is 10.0 Å². The second-order valence-electron chi connectivity index (χ2n) is 9.15. The molecule has 10 nitrogen and oxygen atoms in total. The summed E-state index contributed by atoms with van der Waals surface area (Å²) in [4.78, 5) is 35.4. The SMILES string of the molecule is CC[C@H](NC(=O)[C@H](CS(=O)Cc1ccccc1)N=C1NS(=O)(=O)c2ccccc21)C(=O)c1nc2ccccc2o1. The van der Waals surface area contributed by atoms with Gasteiger partial charge in [0.05, 0.1) is 16.7 Å². The molecule has 2 heterocycles. The number of Topliss-reactive ketones (excluding diaryl/α,β-unsaturated/α-hetero) is 1. The number of oxazole rings is 1. The minimum Gasteiger partial charge on any atom is -0.434 e. The number of amidine groups is 1. The Morgan fingerprint density at radius 3 is 2.48 bits per heavy atom. The molecular formula is C28H26N4O6S2. The first-order chi connectivity index (χ1) is 19.2. The lowest BCUT2D eigenvalue weighted by Crippen LogP contribution is -2.47. The highest BCUT2D eigenvalue weighted by Gasteiger charge is 2.34. The number of amides is 1. The van der Waals surface area contributed by atoms with E-state index in [-0.39, 0.29) is 34.5 Å². The maximum atomic E-state index is 13.5. The molecule has 0 fully saturated rings. The van der Waals surface area contributed by atoms with Crippen molar-refractivity contribution in [2.45, 2.75) is 36.1 Å². The van der Waals surface area contributed by atoms with E-state index in [0.717, 1.165) is 5.56 Å². The van der Waals surface area contributed by atoms with Crippen molar-refractivity contribution in [3.63, 3.8) is 0 Å². The second kappa shape index (κ2) is 11.5. The number of carbonyl (C=O) groups excluding carboxylic acids is 2. The van der Waals surface area contributed by atoms with Crippen LogP contribution in [0.15, 0.2) is 93.2 Å². The van der Waals surface area contributed by atoms with Crippen molar-refractivity contribution < 1.29 is 26.6 Å². The second-order valence-corrected chi connectivity index (χ2v) is 12.3. The molecule has 0 saturated heterocycles. The number of para-hydroxylation sites is 2. The van der Waals surface area contributed by atoms with Gasteiger partial charge in [-0.2, -0.15) is 0 Å². The number of hydrogen-bond donors (Lipinski definition) is 2. The summed E-state index contributed by atoms with van der Waals surface area (Å²) >= 11 is 0. The average molecular weight is 579 g/mol. The number of nitrogens with zero attached hydrogens (tertiary/aromatic N) is 2. The molecule has 0 spiro atoms. The summed E-state index contributed by atoms with van der Waals surface area (Å²) < 4.78 is 46.3. The summed E-state index contributed by atoms with van der Waals surface area (Å²) in [7, 11) is -5.39. The van der Waals surface area contributed by atoms with Crippen molar-refractivity contribution >= 4 is 49.4 Å². The predicted octanol–water partition coefficient (Wildman–Crippen LogP) is 2.96. The molecule has 2 N–H and O–H groups in total. The number of sulfonamides is 1. The van der Waals surface area contributed by atoms with E-state index in [1.54, 1.807) is 49.4 Å². The van der Waals surface area contributed by atoms with Crippen LogP contribution in [0.5, 0.6) is 0 Å². The van der Waals surface area contributed by atoms with E-state index in [2.05, 4.69) is 20.0 Å². The van der Waals surface area contributed by atoms with Crippen LogP contribution >= 0.6 is 0 Å². The molecule has 206 valence electrons. The van der Waals surface area contributed by atoms with Crippen LogP contribution in [-0.4, -0.2) is 53.0 Å². The fraction of sp³-hybridized carbons (Fsp3) is 0.214. The van der Waals surface area contributed by atoms with Gasteiger partial charge in [0.2, 0.25) is 11.7 Å². The quantitative estimate of drug-likeness (QED) is 0.275. The summed E-state index contributed by atoms with van der Waals surface area (Å²) in [5, 5.41) is 2.69. The Labute approximate surface area is 233 Å². The molecule has 1 aromatic heterocycles. The summed E-state index contributed by atoms with van der Waals surface area (Å²) in [5.74, 6) is -1.37. The molecule has 3 aromatic carbocycles. The van der Waals surface area contributed by atoms with Gasteiger partial charge < -0.3 is 9.73 Å². The molecule has 1 unspecified atom stereocenters. The van der Waals surface area contributed by atoms with Crippen molar-refractivity contribution in [3.8, 4) is 0 Å². The van der Waals surface area contributed by atoms with Crippen molar-refractivity contribution in [3.05, 3.63) is 95.9 Å². The summed E-state index contributed by atoms with van der Waals surface area (Å²) in [5.41, 5.74) is 2.08. The molecular weight excluding hydrogens is 552 g/mol. The third-order valence-electron chi connectivity index (χ3n) is 6.31. The van der Waals surface area contributed by atoms with E-state index in [0.29, 0.717) is 16.7 Å². The average Bonchev–Trinajstić information content (AvgIpc) is 3.50. The predicted molar refractivity (Wildman–Crippen MR) is 151 cm³/mol. The highest BCUT2D eigenvalue weighted by Crippen LogP contribution is 2.23. The minimum absolute atomic E-state index is 0.0224. The monoisotopic (exact) mass is 578 g/mol. The van der Waals surface area contributed by atoms with E-state index in [9.17, 15) is 22.2 Å². The van der Waals surface area contributed by atoms with Crippen LogP contribution in [0.3, 0.4) is 0 Å². The maximum absolute atomic E-state index is 13.5. The van der Waals surface area contributed by atoms with Crippen molar-refractivity contribution in [2.24, 2.45) is 4.99 Å². The Balaban J connectivity index is 1.42. The zero-order valence-electron chi connectivity index (χ0n) is 21.4. The molecule has 1 aliphatic heterocycles. The number of benzene rings is 3. The molecule has 12 heteroatoms. The smallest absolute Gasteiger partial charge is 0.266 e. The molecule has 0 aliphatic carbocycles. The lowest BCUT2D eigenvalue weighted by molar-refractivity contribution is -0.122. The van der Waals surface area contributed by atoms with Gasteiger partial charge in [0.1, 0.15) is 17.4 Å². The Kier molecular flexibility index (Phi) is 7.90. The Morgan fingerprint density at radius 2 is 1.73 bits per heavy atom. The van der Waals surface area contributed by atoms with Gasteiger partial charge in [-0.05, 0) is 36.2 Å². The standard InChI is InChI=1S/C28H26N4O6S2/c1-2-20(25(33)28-31-21-13-7-8-14-23(21)38-28)30-27(34)22(17-39(35)16-18-10-4-3-5-11-18)29-26-19-12-6-9-15-24(19)40(36,37)32-26/h3-15,20,22H,2,16-17H2,1H3,(H,29,32)(H,30,34)/t20-,22-,39?/m0/s1. The summed E-state index contributed by atoms with van der Waals surface area (Å²) in [6.07, 6.45) is 0.231. The van der Waals surface area contributed by atoms with Crippen molar-refractivity contribution in [1.82, 2.24) is 15.0 Å². The molecule has 5 rings (SSSR count).